The number of anilines is 1. The number of hydrogen-bond acceptors (Lipinski definition) is 4. The van der Waals surface area contributed by atoms with Crippen LogP contribution < -0.4 is 4.72 Å². The first kappa shape index (κ1) is 15.4. The van der Waals surface area contributed by atoms with Gasteiger partial charge in [-0.2, -0.15) is 8.42 Å². The largest absolute Gasteiger partial charge is 0.506 e. The molecule has 0 aliphatic heterocycles. The molecule has 0 fully saturated rings. The molecule has 2 rings (SSSR count). The Bertz CT molecular complexity index is 736. The van der Waals surface area contributed by atoms with Crippen LogP contribution in [0.4, 0.5) is 5.69 Å². The average molecular weight is 309 g/mol. The second-order valence-electron chi connectivity index (χ2n) is 5.43. The molecule has 7 heteroatoms. The molecule has 0 spiro atoms. The number of nitrogens with one attached hydrogen (secondary N) is 1. The molecule has 1 heterocycles. The van der Waals surface area contributed by atoms with Crippen LogP contribution in [0.15, 0.2) is 35.7 Å². The van der Waals surface area contributed by atoms with E-state index >= 15 is 0 Å². The van der Waals surface area contributed by atoms with Crippen LogP contribution in [-0.4, -0.2) is 23.1 Å². The lowest BCUT2D eigenvalue weighted by Gasteiger charge is -2.08. The summed E-state index contributed by atoms with van der Waals surface area (Å²) in [6.45, 7) is 6.58. The SMILES string of the molecule is Cc1ccc(O)c(NS(=O)(=O)c2cn(CC(C)C)cn2)c1. The number of hydrogen-bond donors (Lipinski definition) is 2. The maximum absolute atomic E-state index is 12.3. The molecule has 2 aromatic rings. The van der Waals surface area contributed by atoms with Crippen molar-refractivity contribution in [1.82, 2.24) is 9.55 Å². The van der Waals surface area contributed by atoms with Crippen molar-refractivity contribution in [1.29, 1.82) is 0 Å². The molecule has 0 amide bonds. The third-order valence-electron chi connectivity index (χ3n) is 2.86. The fourth-order valence-electron chi connectivity index (χ4n) is 1.93. The average Bonchev–Trinajstić information content (AvgIpc) is 2.82. The molecule has 0 saturated heterocycles. The van der Waals surface area contributed by atoms with E-state index in [1.54, 1.807) is 16.7 Å². The Morgan fingerprint density at radius 2 is 2.10 bits per heavy atom. The fraction of sp³-hybridized carbons (Fsp3) is 0.357. The van der Waals surface area contributed by atoms with E-state index in [1.807, 2.05) is 20.8 Å². The Morgan fingerprint density at radius 1 is 1.38 bits per heavy atom. The molecule has 0 bridgehead atoms. The lowest BCUT2D eigenvalue weighted by Crippen LogP contribution is -2.13. The standard InChI is InChI=1S/C14H19N3O3S/c1-10(2)7-17-8-14(15-9-17)21(19,20)16-12-6-11(3)4-5-13(12)18/h4-6,8-10,16,18H,7H2,1-3H3. The van der Waals surface area contributed by atoms with Gasteiger partial charge in [0.2, 0.25) is 0 Å². The Morgan fingerprint density at radius 3 is 2.76 bits per heavy atom. The number of rotatable bonds is 5. The van der Waals surface area contributed by atoms with Crippen LogP contribution in [0.3, 0.4) is 0 Å². The first-order valence-electron chi connectivity index (χ1n) is 6.62. The van der Waals surface area contributed by atoms with Crippen LogP contribution in [0.1, 0.15) is 19.4 Å². The highest BCUT2D eigenvalue weighted by atomic mass is 32.2. The van der Waals surface area contributed by atoms with E-state index in [1.165, 1.54) is 18.6 Å². The van der Waals surface area contributed by atoms with Gasteiger partial charge in [-0.1, -0.05) is 19.9 Å². The van der Waals surface area contributed by atoms with Crippen molar-refractivity contribution in [2.75, 3.05) is 4.72 Å². The number of imidazole rings is 1. The number of aromatic nitrogens is 2. The molecular formula is C14H19N3O3S. The zero-order valence-electron chi connectivity index (χ0n) is 12.2. The quantitative estimate of drug-likeness (QED) is 0.830. The van der Waals surface area contributed by atoms with Crippen molar-refractivity contribution >= 4 is 15.7 Å². The van der Waals surface area contributed by atoms with Gasteiger partial charge in [0.05, 0.1) is 12.0 Å². The van der Waals surface area contributed by atoms with E-state index in [4.69, 9.17) is 0 Å². The maximum Gasteiger partial charge on any atom is 0.281 e. The van der Waals surface area contributed by atoms with Crippen LogP contribution in [0.5, 0.6) is 5.75 Å². The number of phenols is 1. The second-order valence-corrected chi connectivity index (χ2v) is 7.06. The molecule has 114 valence electrons. The summed E-state index contributed by atoms with van der Waals surface area (Å²) in [5.74, 6) is 0.273. The molecule has 0 unspecified atom stereocenters. The van der Waals surface area contributed by atoms with Crippen molar-refractivity contribution in [2.24, 2.45) is 5.92 Å². The minimum Gasteiger partial charge on any atom is -0.506 e. The predicted molar refractivity (Wildman–Crippen MR) is 80.7 cm³/mol. The van der Waals surface area contributed by atoms with E-state index in [2.05, 4.69) is 9.71 Å². The monoisotopic (exact) mass is 309 g/mol. The van der Waals surface area contributed by atoms with Gasteiger partial charge in [0.1, 0.15) is 5.75 Å². The summed E-state index contributed by atoms with van der Waals surface area (Å²) in [5, 5.41) is 9.65. The first-order chi connectivity index (χ1) is 9.78. The Labute approximate surface area is 124 Å². The number of nitrogens with zero attached hydrogens (tertiary/aromatic N) is 2. The van der Waals surface area contributed by atoms with Gasteiger partial charge in [-0.25, -0.2) is 4.98 Å². The Balaban J connectivity index is 2.26. The van der Waals surface area contributed by atoms with Gasteiger partial charge in [0.25, 0.3) is 10.0 Å². The molecule has 0 saturated carbocycles. The third-order valence-corrected chi connectivity index (χ3v) is 4.11. The van der Waals surface area contributed by atoms with Gasteiger partial charge in [0, 0.05) is 12.7 Å². The highest BCUT2D eigenvalue weighted by Crippen LogP contribution is 2.26. The summed E-state index contributed by atoms with van der Waals surface area (Å²) in [5.41, 5.74) is 0.990. The summed E-state index contributed by atoms with van der Waals surface area (Å²) in [6.07, 6.45) is 2.97. The minimum atomic E-state index is -3.81. The van der Waals surface area contributed by atoms with Crippen LogP contribution in [0.25, 0.3) is 0 Å². The molecule has 0 aliphatic rings. The fourth-order valence-corrected chi connectivity index (χ4v) is 2.95. The third kappa shape index (κ3) is 3.75. The second kappa shape index (κ2) is 5.77. The van der Waals surface area contributed by atoms with Crippen LogP contribution in [0, 0.1) is 12.8 Å². The lowest BCUT2D eigenvalue weighted by atomic mass is 10.2. The molecule has 0 aliphatic carbocycles. The van der Waals surface area contributed by atoms with E-state index in [9.17, 15) is 13.5 Å². The van der Waals surface area contributed by atoms with E-state index < -0.39 is 10.0 Å². The summed E-state index contributed by atoms with van der Waals surface area (Å²) in [7, 11) is -3.81. The summed E-state index contributed by atoms with van der Waals surface area (Å²) in [4.78, 5) is 3.92. The highest BCUT2D eigenvalue weighted by Gasteiger charge is 2.19. The smallest absolute Gasteiger partial charge is 0.281 e. The highest BCUT2D eigenvalue weighted by molar-refractivity contribution is 7.92. The van der Waals surface area contributed by atoms with Gasteiger partial charge >= 0.3 is 0 Å². The van der Waals surface area contributed by atoms with Crippen LogP contribution in [-0.2, 0) is 16.6 Å². The molecule has 2 N–H and O–H groups in total. The van der Waals surface area contributed by atoms with Crippen molar-refractivity contribution in [3.05, 3.63) is 36.3 Å². The topological polar surface area (TPSA) is 84.2 Å². The van der Waals surface area contributed by atoms with Crippen molar-refractivity contribution in [2.45, 2.75) is 32.3 Å². The Hall–Kier alpha value is -2.02. The summed E-state index contributed by atoms with van der Waals surface area (Å²) < 4.78 is 28.6. The van der Waals surface area contributed by atoms with Gasteiger partial charge < -0.3 is 9.67 Å². The molecule has 1 aromatic carbocycles. The summed E-state index contributed by atoms with van der Waals surface area (Å²) >= 11 is 0. The van der Waals surface area contributed by atoms with Crippen molar-refractivity contribution in [3.8, 4) is 5.75 Å². The first-order valence-corrected chi connectivity index (χ1v) is 8.10. The van der Waals surface area contributed by atoms with Gasteiger partial charge in [-0.15, -0.1) is 0 Å². The molecule has 0 radical (unpaired) electrons. The number of sulfonamides is 1. The summed E-state index contributed by atoms with van der Waals surface area (Å²) in [6, 6.07) is 4.72. The van der Waals surface area contributed by atoms with Crippen LogP contribution >= 0.6 is 0 Å². The number of aromatic hydroxyl groups is 1. The predicted octanol–water partition coefficient (Wildman–Crippen LogP) is 2.35. The zero-order chi connectivity index (χ0) is 15.6. The van der Waals surface area contributed by atoms with Gasteiger partial charge in [-0.05, 0) is 30.5 Å². The van der Waals surface area contributed by atoms with E-state index in [0.717, 1.165) is 5.56 Å². The van der Waals surface area contributed by atoms with Crippen molar-refractivity contribution in [3.63, 3.8) is 0 Å². The molecular weight excluding hydrogens is 290 g/mol. The van der Waals surface area contributed by atoms with Gasteiger partial charge in [0.15, 0.2) is 5.03 Å². The normalized spacial score (nSPS) is 11.8. The molecule has 6 nitrogen and oxygen atoms in total. The molecule has 0 atom stereocenters. The number of benzene rings is 1. The number of aryl methyl sites for hydroxylation is 1. The molecule has 1 aromatic heterocycles. The number of phenolic OH excluding ortho intramolecular Hbond substituents is 1. The van der Waals surface area contributed by atoms with E-state index in [0.29, 0.717) is 12.5 Å². The van der Waals surface area contributed by atoms with E-state index in [-0.39, 0.29) is 16.5 Å². The zero-order valence-corrected chi connectivity index (χ0v) is 13.1. The maximum atomic E-state index is 12.3. The minimum absolute atomic E-state index is 0.0657. The van der Waals surface area contributed by atoms with Crippen molar-refractivity contribution < 1.29 is 13.5 Å². The van der Waals surface area contributed by atoms with Crippen LogP contribution in [0.2, 0.25) is 0 Å². The Kier molecular flexibility index (Phi) is 4.22. The molecule has 21 heavy (non-hydrogen) atoms. The lowest BCUT2D eigenvalue weighted by molar-refractivity contribution is 0.477. The van der Waals surface area contributed by atoms with Gasteiger partial charge in [-0.3, -0.25) is 4.72 Å².